The normalized spacial score (nSPS) is 13.7. The highest BCUT2D eigenvalue weighted by Gasteiger charge is 2.24. The van der Waals surface area contributed by atoms with E-state index >= 15 is 0 Å². The number of sulfonamides is 1. The van der Waals surface area contributed by atoms with Crippen LogP contribution in [0.4, 0.5) is 5.69 Å². The Balaban J connectivity index is 1.80. The van der Waals surface area contributed by atoms with Crippen LogP contribution in [-0.4, -0.2) is 37.9 Å². The molecule has 0 N–H and O–H groups in total. The summed E-state index contributed by atoms with van der Waals surface area (Å²) in [5, 5.41) is 10.7. The Bertz CT molecular complexity index is 895. The first-order valence-electron chi connectivity index (χ1n) is 7.47. The van der Waals surface area contributed by atoms with Crippen molar-refractivity contribution >= 4 is 15.7 Å². The number of benzene rings is 2. The van der Waals surface area contributed by atoms with Crippen molar-refractivity contribution in [3.8, 4) is 11.5 Å². The molecule has 0 saturated heterocycles. The molecule has 3 rings (SSSR count). The Hall–Kier alpha value is -2.65. The molecule has 132 valence electrons. The van der Waals surface area contributed by atoms with Gasteiger partial charge in [0.15, 0.2) is 11.5 Å². The van der Waals surface area contributed by atoms with Crippen LogP contribution < -0.4 is 9.47 Å². The van der Waals surface area contributed by atoms with E-state index in [0.29, 0.717) is 30.3 Å². The second kappa shape index (κ2) is 6.69. The lowest BCUT2D eigenvalue weighted by atomic mass is 10.2. The zero-order valence-electron chi connectivity index (χ0n) is 13.4. The van der Waals surface area contributed by atoms with Gasteiger partial charge in [0.1, 0.15) is 13.2 Å². The molecule has 1 heterocycles. The van der Waals surface area contributed by atoms with Gasteiger partial charge in [-0.3, -0.25) is 10.1 Å². The van der Waals surface area contributed by atoms with Gasteiger partial charge in [0.2, 0.25) is 10.0 Å². The first-order valence-corrected chi connectivity index (χ1v) is 8.91. The predicted octanol–water partition coefficient (Wildman–Crippen LogP) is 2.19. The average molecular weight is 364 g/mol. The molecule has 0 saturated carbocycles. The number of nitro groups is 1. The van der Waals surface area contributed by atoms with Gasteiger partial charge in [-0.2, -0.15) is 4.31 Å². The lowest BCUT2D eigenvalue weighted by Crippen LogP contribution is -2.26. The minimum absolute atomic E-state index is 0.0407. The summed E-state index contributed by atoms with van der Waals surface area (Å²) in [7, 11) is -2.28. The second-order valence-corrected chi connectivity index (χ2v) is 7.53. The highest BCUT2D eigenvalue weighted by Crippen LogP contribution is 2.33. The van der Waals surface area contributed by atoms with Gasteiger partial charge in [-0.05, 0) is 17.7 Å². The van der Waals surface area contributed by atoms with Crippen molar-refractivity contribution < 1.29 is 22.8 Å². The Morgan fingerprint density at radius 2 is 1.72 bits per heavy atom. The van der Waals surface area contributed by atoms with Gasteiger partial charge in [-0.15, -0.1) is 0 Å². The van der Waals surface area contributed by atoms with Crippen molar-refractivity contribution in [3.63, 3.8) is 0 Å². The highest BCUT2D eigenvalue weighted by molar-refractivity contribution is 7.89. The van der Waals surface area contributed by atoms with E-state index < -0.39 is 14.9 Å². The maximum absolute atomic E-state index is 12.7. The van der Waals surface area contributed by atoms with E-state index in [4.69, 9.17) is 9.47 Å². The van der Waals surface area contributed by atoms with E-state index in [-0.39, 0.29) is 17.1 Å². The summed E-state index contributed by atoms with van der Waals surface area (Å²) >= 11 is 0. The second-order valence-electron chi connectivity index (χ2n) is 5.49. The van der Waals surface area contributed by atoms with Crippen LogP contribution in [0.15, 0.2) is 47.4 Å². The van der Waals surface area contributed by atoms with Gasteiger partial charge in [0, 0.05) is 31.8 Å². The van der Waals surface area contributed by atoms with Crippen molar-refractivity contribution in [2.75, 3.05) is 20.3 Å². The minimum atomic E-state index is -3.73. The third-order valence-corrected chi connectivity index (χ3v) is 5.57. The summed E-state index contributed by atoms with van der Waals surface area (Å²) in [5.41, 5.74) is 0.607. The molecule has 9 heteroatoms. The highest BCUT2D eigenvalue weighted by atomic mass is 32.2. The number of nitro benzene ring substituents is 1. The summed E-state index contributed by atoms with van der Waals surface area (Å²) in [6.07, 6.45) is 0. The van der Waals surface area contributed by atoms with Gasteiger partial charge >= 0.3 is 0 Å². The zero-order chi connectivity index (χ0) is 18.0. The summed E-state index contributed by atoms with van der Waals surface area (Å²) in [4.78, 5) is 10.3. The predicted molar refractivity (Wildman–Crippen MR) is 89.2 cm³/mol. The zero-order valence-corrected chi connectivity index (χ0v) is 14.2. The molecule has 1 aliphatic heterocycles. The molecule has 0 spiro atoms. The number of fused-ring (bicyclic) bond motifs is 1. The summed E-state index contributed by atoms with van der Waals surface area (Å²) in [6.45, 7) is 0.892. The van der Waals surface area contributed by atoms with Gasteiger partial charge in [0.25, 0.3) is 5.69 Å². The van der Waals surface area contributed by atoms with E-state index in [9.17, 15) is 18.5 Å². The van der Waals surface area contributed by atoms with Crippen LogP contribution in [0.3, 0.4) is 0 Å². The Labute approximate surface area is 144 Å². The van der Waals surface area contributed by atoms with Crippen LogP contribution in [0.1, 0.15) is 5.56 Å². The topological polar surface area (TPSA) is 99.0 Å². The van der Waals surface area contributed by atoms with Crippen LogP contribution in [0.2, 0.25) is 0 Å². The quantitative estimate of drug-likeness (QED) is 0.596. The fraction of sp³-hybridized carbons (Fsp3) is 0.250. The van der Waals surface area contributed by atoms with Gasteiger partial charge in [-0.25, -0.2) is 8.42 Å². The number of rotatable bonds is 5. The van der Waals surface area contributed by atoms with Crippen LogP contribution in [-0.2, 0) is 16.6 Å². The summed E-state index contributed by atoms with van der Waals surface area (Å²) < 4.78 is 37.4. The van der Waals surface area contributed by atoms with E-state index in [2.05, 4.69) is 0 Å². The first kappa shape index (κ1) is 17.2. The number of nitrogens with zero attached hydrogens (tertiary/aromatic N) is 2. The average Bonchev–Trinajstić information content (AvgIpc) is 2.61. The van der Waals surface area contributed by atoms with Gasteiger partial charge in [0.05, 0.1) is 9.82 Å². The molecule has 8 nitrogen and oxygen atoms in total. The summed E-state index contributed by atoms with van der Waals surface area (Å²) in [6, 6.07) is 10.2. The van der Waals surface area contributed by atoms with Gasteiger partial charge < -0.3 is 9.47 Å². The molecule has 2 aromatic carbocycles. The van der Waals surface area contributed by atoms with Crippen LogP contribution >= 0.6 is 0 Å². The van der Waals surface area contributed by atoms with Crippen molar-refractivity contribution in [1.29, 1.82) is 0 Å². The Morgan fingerprint density at radius 1 is 1.08 bits per heavy atom. The largest absolute Gasteiger partial charge is 0.486 e. The van der Waals surface area contributed by atoms with Crippen molar-refractivity contribution in [2.24, 2.45) is 0 Å². The number of hydrogen-bond donors (Lipinski definition) is 0. The number of hydrogen-bond acceptors (Lipinski definition) is 6. The summed E-state index contributed by atoms with van der Waals surface area (Å²) in [5.74, 6) is 0.916. The molecule has 1 aliphatic rings. The van der Waals surface area contributed by atoms with E-state index in [1.165, 1.54) is 47.8 Å². The van der Waals surface area contributed by atoms with Gasteiger partial charge in [-0.1, -0.05) is 12.1 Å². The number of non-ortho nitro benzene ring substituents is 1. The molecule has 0 aromatic heterocycles. The smallest absolute Gasteiger partial charge is 0.269 e. The SMILES string of the molecule is CN(Cc1ccc([N+](=O)[O-])cc1)S(=O)(=O)c1ccc2c(c1)OCCO2. The molecule has 0 bridgehead atoms. The third kappa shape index (κ3) is 3.57. The fourth-order valence-corrected chi connectivity index (χ4v) is 3.60. The lowest BCUT2D eigenvalue weighted by Gasteiger charge is -2.21. The lowest BCUT2D eigenvalue weighted by molar-refractivity contribution is -0.384. The molecule has 25 heavy (non-hydrogen) atoms. The molecule has 0 fully saturated rings. The van der Waals surface area contributed by atoms with E-state index in [1.54, 1.807) is 6.07 Å². The Morgan fingerprint density at radius 3 is 2.36 bits per heavy atom. The van der Waals surface area contributed by atoms with Crippen molar-refractivity contribution in [1.82, 2.24) is 4.31 Å². The van der Waals surface area contributed by atoms with Crippen molar-refractivity contribution in [2.45, 2.75) is 11.4 Å². The minimum Gasteiger partial charge on any atom is -0.486 e. The van der Waals surface area contributed by atoms with E-state index in [0.717, 1.165) is 0 Å². The molecule has 2 aromatic rings. The van der Waals surface area contributed by atoms with Crippen LogP contribution in [0.25, 0.3) is 0 Å². The van der Waals surface area contributed by atoms with E-state index in [1.807, 2.05) is 0 Å². The first-order chi connectivity index (χ1) is 11.9. The molecule has 0 atom stereocenters. The monoisotopic (exact) mass is 364 g/mol. The third-order valence-electron chi connectivity index (χ3n) is 3.77. The number of ether oxygens (including phenoxy) is 2. The molecule has 0 aliphatic carbocycles. The Kier molecular flexibility index (Phi) is 4.60. The van der Waals surface area contributed by atoms with Crippen molar-refractivity contribution in [3.05, 3.63) is 58.1 Å². The molecular formula is C16H16N2O6S. The molecular weight excluding hydrogens is 348 g/mol. The fourth-order valence-electron chi connectivity index (χ4n) is 2.43. The molecule has 0 unspecified atom stereocenters. The molecule has 0 amide bonds. The molecule has 0 radical (unpaired) electrons. The standard InChI is InChI=1S/C16H16N2O6S/c1-17(11-12-2-4-13(5-3-12)18(19)20)25(21,22)14-6-7-15-16(10-14)24-9-8-23-15/h2-7,10H,8-9,11H2,1H3. The van der Waals surface area contributed by atoms with Crippen LogP contribution in [0.5, 0.6) is 11.5 Å². The van der Waals surface area contributed by atoms with Crippen LogP contribution in [0, 0.1) is 10.1 Å². The maximum atomic E-state index is 12.7. The maximum Gasteiger partial charge on any atom is 0.269 e.